The van der Waals surface area contributed by atoms with E-state index in [1.54, 1.807) is 4.68 Å². The SMILES string of the molecule is O=C(N[C@@H]1CCCc2ccccc21)c1nc(CCc2ccccc2)n(-c2ccccc2)n1. The van der Waals surface area contributed by atoms with Gasteiger partial charge in [0.15, 0.2) is 0 Å². The van der Waals surface area contributed by atoms with Crippen molar-refractivity contribution in [1.82, 2.24) is 20.1 Å². The molecule has 1 atom stereocenters. The predicted molar refractivity (Wildman–Crippen MR) is 125 cm³/mol. The van der Waals surface area contributed by atoms with Gasteiger partial charge in [0.1, 0.15) is 5.82 Å². The van der Waals surface area contributed by atoms with E-state index in [9.17, 15) is 4.79 Å². The fourth-order valence-corrected chi connectivity index (χ4v) is 4.41. The maximum absolute atomic E-state index is 13.1. The van der Waals surface area contributed by atoms with Gasteiger partial charge in [0.2, 0.25) is 5.82 Å². The largest absolute Gasteiger partial charge is 0.342 e. The zero-order chi connectivity index (χ0) is 21.8. The van der Waals surface area contributed by atoms with Gasteiger partial charge in [0.05, 0.1) is 11.7 Å². The van der Waals surface area contributed by atoms with Crippen molar-refractivity contribution in [3.8, 4) is 5.69 Å². The third kappa shape index (κ3) is 4.33. The van der Waals surface area contributed by atoms with E-state index >= 15 is 0 Å². The standard InChI is InChI=1S/C27H26N4O/c32-27(28-24-17-9-13-21-12-7-8-16-23(21)24)26-29-25(19-18-20-10-3-1-4-11-20)31(30-26)22-14-5-2-6-15-22/h1-8,10-12,14-16,24H,9,13,17-19H2,(H,28,32)/t24-/m1/s1. The summed E-state index contributed by atoms with van der Waals surface area (Å²) < 4.78 is 1.80. The Labute approximate surface area is 188 Å². The first-order valence-electron chi connectivity index (χ1n) is 11.2. The molecule has 1 N–H and O–H groups in total. The molecular weight excluding hydrogens is 396 g/mol. The van der Waals surface area contributed by atoms with Crippen LogP contribution in [0.4, 0.5) is 0 Å². The predicted octanol–water partition coefficient (Wildman–Crippen LogP) is 4.86. The second-order valence-electron chi connectivity index (χ2n) is 8.20. The number of fused-ring (bicyclic) bond motifs is 1. The summed E-state index contributed by atoms with van der Waals surface area (Å²) in [6.45, 7) is 0. The van der Waals surface area contributed by atoms with Gasteiger partial charge in [-0.25, -0.2) is 9.67 Å². The Kier molecular flexibility index (Phi) is 5.79. The summed E-state index contributed by atoms with van der Waals surface area (Å²) in [5.74, 6) is 0.788. The average Bonchev–Trinajstić information content (AvgIpc) is 3.29. The van der Waals surface area contributed by atoms with Crippen LogP contribution >= 0.6 is 0 Å². The van der Waals surface area contributed by atoms with Crippen LogP contribution in [0.15, 0.2) is 84.9 Å². The van der Waals surface area contributed by atoms with Gasteiger partial charge in [-0.2, -0.15) is 0 Å². The number of nitrogens with zero attached hydrogens (tertiary/aromatic N) is 3. The number of hydrogen-bond acceptors (Lipinski definition) is 3. The van der Waals surface area contributed by atoms with Gasteiger partial charge in [-0.15, -0.1) is 5.10 Å². The molecule has 1 aliphatic carbocycles. The van der Waals surface area contributed by atoms with Crippen molar-refractivity contribution < 1.29 is 4.79 Å². The number of hydrogen-bond donors (Lipinski definition) is 1. The lowest BCUT2D eigenvalue weighted by atomic mass is 9.88. The molecule has 32 heavy (non-hydrogen) atoms. The van der Waals surface area contributed by atoms with Crippen molar-refractivity contribution in [3.05, 3.63) is 113 Å². The highest BCUT2D eigenvalue weighted by atomic mass is 16.2. The van der Waals surface area contributed by atoms with Gasteiger partial charge in [-0.1, -0.05) is 72.8 Å². The van der Waals surface area contributed by atoms with E-state index in [0.29, 0.717) is 6.42 Å². The Morgan fingerprint density at radius 2 is 1.62 bits per heavy atom. The van der Waals surface area contributed by atoms with Crippen molar-refractivity contribution in [3.63, 3.8) is 0 Å². The van der Waals surface area contributed by atoms with Crippen LogP contribution in [-0.4, -0.2) is 20.7 Å². The van der Waals surface area contributed by atoms with Gasteiger partial charge >= 0.3 is 0 Å². The van der Waals surface area contributed by atoms with Crippen LogP contribution in [0.3, 0.4) is 0 Å². The summed E-state index contributed by atoms with van der Waals surface area (Å²) in [5.41, 5.74) is 4.67. The minimum absolute atomic E-state index is 0.00361. The molecule has 5 rings (SSSR count). The van der Waals surface area contributed by atoms with Crippen molar-refractivity contribution in [2.45, 2.75) is 38.1 Å². The number of carbonyl (C=O) groups excluding carboxylic acids is 1. The fraction of sp³-hybridized carbons (Fsp3) is 0.222. The normalized spacial score (nSPS) is 15.2. The van der Waals surface area contributed by atoms with E-state index in [-0.39, 0.29) is 17.8 Å². The van der Waals surface area contributed by atoms with Crippen molar-refractivity contribution >= 4 is 5.91 Å². The number of amides is 1. The topological polar surface area (TPSA) is 59.8 Å². The Hall–Kier alpha value is -3.73. The number of para-hydroxylation sites is 1. The molecule has 0 fully saturated rings. The molecular formula is C27H26N4O. The quantitative estimate of drug-likeness (QED) is 0.483. The summed E-state index contributed by atoms with van der Waals surface area (Å²) in [6, 6.07) is 28.6. The molecule has 1 aromatic heterocycles. The number of carbonyl (C=O) groups is 1. The van der Waals surface area contributed by atoms with E-state index < -0.39 is 0 Å². The molecule has 0 unspecified atom stereocenters. The van der Waals surface area contributed by atoms with E-state index in [0.717, 1.165) is 37.2 Å². The maximum atomic E-state index is 13.1. The molecule has 5 heteroatoms. The van der Waals surface area contributed by atoms with Crippen LogP contribution in [0.25, 0.3) is 5.69 Å². The molecule has 5 nitrogen and oxygen atoms in total. The van der Waals surface area contributed by atoms with Crippen LogP contribution in [-0.2, 0) is 19.3 Å². The van der Waals surface area contributed by atoms with Crippen molar-refractivity contribution in [2.24, 2.45) is 0 Å². The zero-order valence-corrected chi connectivity index (χ0v) is 17.9. The van der Waals surface area contributed by atoms with Gasteiger partial charge in [0.25, 0.3) is 5.91 Å². The zero-order valence-electron chi connectivity index (χ0n) is 17.9. The third-order valence-electron chi connectivity index (χ3n) is 6.03. The number of rotatable bonds is 6. The van der Waals surface area contributed by atoms with E-state index in [2.05, 4.69) is 45.7 Å². The molecule has 3 aromatic carbocycles. The van der Waals surface area contributed by atoms with E-state index in [1.165, 1.54) is 16.7 Å². The third-order valence-corrected chi connectivity index (χ3v) is 6.03. The second kappa shape index (κ2) is 9.18. The Balaban J connectivity index is 1.40. The lowest BCUT2D eigenvalue weighted by Gasteiger charge is -2.25. The van der Waals surface area contributed by atoms with Gasteiger partial charge < -0.3 is 5.32 Å². The van der Waals surface area contributed by atoms with Crippen LogP contribution in [0.1, 0.15) is 52.0 Å². The minimum Gasteiger partial charge on any atom is -0.342 e. The Bertz CT molecular complexity index is 1200. The number of benzene rings is 3. The Morgan fingerprint density at radius 3 is 2.44 bits per heavy atom. The van der Waals surface area contributed by atoms with Crippen LogP contribution in [0, 0.1) is 0 Å². The molecule has 160 valence electrons. The lowest BCUT2D eigenvalue weighted by molar-refractivity contribution is 0.0922. The van der Waals surface area contributed by atoms with Gasteiger partial charge in [-0.3, -0.25) is 4.79 Å². The van der Waals surface area contributed by atoms with Crippen molar-refractivity contribution in [1.29, 1.82) is 0 Å². The molecule has 0 saturated heterocycles. The summed E-state index contributed by atoms with van der Waals surface area (Å²) in [7, 11) is 0. The Morgan fingerprint density at radius 1 is 0.906 bits per heavy atom. The van der Waals surface area contributed by atoms with Crippen LogP contribution in [0.5, 0.6) is 0 Å². The summed E-state index contributed by atoms with van der Waals surface area (Å²) >= 11 is 0. The van der Waals surface area contributed by atoms with E-state index in [1.807, 2.05) is 54.6 Å². The van der Waals surface area contributed by atoms with E-state index in [4.69, 9.17) is 0 Å². The van der Waals surface area contributed by atoms with Gasteiger partial charge in [0, 0.05) is 6.42 Å². The molecule has 1 aliphatic rings. The smallest absolute Gasteiger partial charge is 0.291 e. The molecule has 0 radical (unpaired) electrons. The summed E-state index contributed by atoms with van der Waals surface area (Å²) in [6.07, 6.45) is 4.60. The highest BCUT2D eigenvalue weighted by Crippen LogP contribution is 2.29. The average molecular weight is 423 g/mol. The fourth-order valence-electron chi connectivity index (χ4n) is 4.41. The van der Waals surface area contributed by atoms with Crippen LogP contribution in [0.2, 0.25) is 0 Å². The first-order chi connectivity index (χ1) is 15.8. The minimum atomic E-state index is -0.220. The molecule has 0 saturated carbocycles. The van der Waals surface area contributed by atoms with Crippen LogP contribution < -0.4 is 5.32 Å². The molecule has 4 aromatic rings. The highest BCUT2D eigenvalue weighted by Gasteiger charge is 2.24. The number of nitrogens with one attached hydrogen (secondary N) is 1. The highest BCUT2D eigenvalue weighted by molar-refractivity contribution is 5.90. The molecule has 0 aliphatic heterocycles. The second-order valence-corrected chi connectivity index (χ2v) is 8.20. The molecule has 0 spiro atoms. The number of aryl methyl sites for hydroxylation is 3. The lowest BCUT2D eigenvalue weighted by Crippen LogP contribution is -2.31. The summed E-state index contributed by atoms with van der Waals surface area (Å²) in [4.78, 5) is 17.8. The molecule has 0 bridgehead atoms. The first kappa shape index (κ1) is 20.2. The first-order valence-corrected chi connectivity index (χ1v) is 11.2. The monoisotopic (exact) mass is 422 g/mol. The van der Waals surface area contributed by atoms with Gasteiger partial charge in [-0.05, 0) is 54.5 Å². The molecule has 1 heterocycles. The number of aromatic nitrogens is 3. The summed E-state index contributed by atoms with van der Waals surface area (Å²) in [5, 5.41) is 7.79. The van der Waals surface area contributed by atoms with Crippen molar-refractivity contribution in [2.75, 3.05) is 0 Å². The maximum Gasteiger partial charge on any atom is 0.291 e. The molecule has 1 amide bonds.